The number of phenolic OH excluding ortho intramolecular Hbond substituents is 1. The Kier molecular flexibility index (Phi) is 6.12. The molecular formula is C16H13BrN2O7. The van der Waals surface area contributed by atoms with Gasteiger partial charge in [-0.1, -0.05) is 0 Å². The average Bonchev–Trinajstić information content (AvgIpc) is 2.61. The fraction of sp³-hybridized carbons (Fsp3) is 0.125. The molecule has 0 aliphatic heterocycles. The first kappa shape index (κ1) is 19.2. The number of hydrogen-bond donors (Lipinski definition) is 2. The number of carbonyl (C=O) groups excluding carboxylic acids is 2. The Morgan fingerprint density at radius 1 is 1.27 bits per heavy atom. The second-order valence-corrected chi connectivity index (χ2v) is 5.78. The van der Waals surface area contributed by atoms with Crippen LogP contribution in [-0.2, 0) is 9.53 Å². The van der Waals surface area contributed by atoms with Gasteiger partial charge in [0.2, 0.25) is 0 Å². The molecule has 1 amide bonds. The normalized spacial score (nSPS) is 10.1. The Morgan fingerprint density at radius 2 is 2.00 bits per heavy atom. The van der Waals surface area contributed by atoms with Gasteiger partial charge in [-0.3, -0.25) is 14.9 Å². The molecule has 26 heavy (non-hydrogen) atoms. The summed E-state index contributed by atoms with van der Waals surface area (Å²) in [4.78, 5) is 33.9. The van der Waals surface area contributed by atoms with Gasteiger partial charge in [0.05, 0.1) is 17.7 Å². The molecule has 0 atom stereocenters. The van der Waals surface area contributed by atoms with Crippen LogP contribution in [0, 0.1) is 10.1 Å². The number of nitro groups is 1. The summed E-state index contributed by atoms with van der Waals surface area (Å²) in [6.07, 6.45) is 0. The number of aromatic hydroxyl groups is 1. The number of amides is 1. The molecule has 0 fully saturated rings. The maximum Gasteiger partial charge on any atom is 0.342 e. The molecule has 2 N–H and O–H groups in total. The standard InChI is InChI=1S/C16H13BrN2O7/c1-25-10-3-4-11(14(20)7-10)16(22)26-8-15(21)18-13-5-2-9(19(23)24)6-12(13)17/h2-7,20H,8H2,1H3,(H,18,21). The fourth-order valence-corrected chi connectivity index (χ4v) is 2.39. The second kappa shape index (κ2) is 8.30. The minimum absolute atomic E-state index is 0.116. The van der Waals surface area contributed by atoms with Gasteiger partial charge in [-0.05, 0) is 34.1 Å². The predicted octanol–water partition coefficient (Wildman–Crippen LogP) is 2.87. The highest BCUT2D eigenvalue weighted by atomic mass is 79.9. The molecule has 0 unspecified atom stereocenters. The number of non-ortho nitro benzene ring substituents is 1. The van der Waals surface area contributed by atoms with E-state index in [-0.39, 0.29) is 22.7 Å². The molecule has 0 radical (unpaired) electrons. The summed E-state index contributed by atoms with van der Waals surface area (Å²) in [7, 11) is 1.41. The highest BCUT2D eigenvalue weighted by molar-refractivity contribution is 9.10. The number of carbonyl (C=O) groups is 2. The Labute approximate surface area is 155 Å². The lowest BCUT2D eigenvalue weighted by atomic mass is 10.2. The van der Waals surface area contributed by atoms with E-state index in [4.69, 9.17) is 9.47 Å². The van der Waals surface area contributed by atoms with Crippen molar-refractivity contribution in [2.24, 2.45) is 0 Å². The SMILES string of the molecule is COc1ccc(C(=O)OCC(=O)Nc2ccc([N+](=O)[O-])cc2Br)c(O)c1. The van der Waals surface area contributed by atoms with Gasteiger partial charge in [-0.15, -0.1) is 0 Å². The van der Waals surface area contributed by atoms with Gasteiger partial charge >= 0.3 is 5.97 Å². The molecule has 0 aromatic heterocycles. The van der Waals surface area contributed by atoms with Crippen LogP contribution in [0.25, 0.3) is 0 Å². The van der Waals surface area contributed by atoms with E-state index < -0.39 is 23.4 Å². The van der Waals surface area contributed by atoms with Gasteiger partial charge in [-0.25, -0.2) is 4.79 Å². The minimum Gasteiger partial charge on any atom is -0.507 e. The lowest BCUT2D eigenvalue weighted by Gasteiger charge is -2.09. The van der Waals surface area contributed by atoms with Crippen LogP contribution in [0.4, 0.5) is 11.4 Å². The lowest BCUT2D eigenvalue weighted by molar-refractivity contribution is -0.384. The molecule has 9 nitrogen and oxygen atoms in total. The molecule has 0 aliphatic carbocycles. The first-order valence-electron chi connectivity index (χ1n) is 7.09. The molecule has 0 heterocycles. The van der Waals surface area contributed by atoms with E-state index in [9.17, 15) is 24.8 Å². The number of esters is 1. The smallest absolute Gasteiger partial charge is 0.342 e. The van der Waals surface area contributed by atoms with Crippen molar-refractivity contribution in [3.8, 4) is 11.5 Å². The summed E-state index contributed by atoms with van der Waals surface area (Å²) in [5.74, 6) is -1.52. The molecule has 2 aromatic rings. The number of hydrogen-bond acceptors (Lipinski definition) is 7. The number of phenols is 1. The zero-order valence-electron chi connectivity index (χ0n) is 13.4. The van der Waals surface area contributed by atoms with Gasteiger partial charge in [0, 0.05) is 22.7 Å². The van der Waals surface area contributed by atoms with Crippen LogP contribution in [0.1, 0.15) is 10.4 Å². The van der Waals surface area contributed by atoms with E-state index in [0.717, 1.165) is 0 Å². The van der Waals surface area contributed by atoms with Crippen molar-refractivity contribution in [3.05, 3.63) is 56.5 Å². The van der Waals surface area contributed by atoms with Crippen LogP contribution in [0.5, 0.6) is 11.5 Å². The van der Waals surface area contributed by atoms with E-state index in [1.54, 1.807) is 0 Å². The number of rotatable bonds is 6. The zero-order chi connectivity index (χ0) is 19.3. The maximum atomic E-state index is 11.9. The molecule has 0 spiro atoms. The van der Waals surface area contributed by atoms with Crippen LogP contribution in [0.3, 0.4) is 0 Å². The number of nitro benzene ring substituents is 1. The third-order valence-corrected chi connectivity index (χ3v) is 3.85. The first-order chi connectivity index (χ1) is 12.3. The summed E-state index contributed by atoms with van der Waals surface area (Å²) < 4.78 is 10.1. The number of methoxy groups -OCH3 is 1. The second-order valence-electron chi connectivity index (χ2n) is 4.93. The van der Waals surface area contributed by atoms with E-state index in [1.165, 1.54) is 43.5 Å². The number of nitrogens with one attached hydrogen (secondary N) is 1. The van der Waals surface area contributed by atoms with E-state index in [2.05, 4.69) is 21.2 Å². The monoisotopic (exact) mass is 424 g/mol. The van der Waals surface area contributed by atoms with Crippen LogP contribution < -0.4 is 10.1 Å². The molecule has 2 aromatic carbocycles. The molecule has 0 bridgehead atoms. The van der Waals surface area contributed by atoms with Crippen molar-refractivity contribution in [2.45, 2.75) is 0 Å². The quantitative estimate of drug-likeness (QED) is 0.414. The van der Waals surface area contributed by atoms with Crippen molar-refractivity contribution < 1.29 is 29.1 Å². The molecule has 0 saturated carbocycles. The average molecular weight is 425 g/mol. The van der Waals surface area contributed by atoms with Gasteiger partial charge in [-0.2, -0.15) is 0 Å². The van der Waals surface area contributed by atoms with Crippen LogP contribution in [0.2, 0.25) is 0 Å². The van der Waals surface area contributed by atoms with Crippen molar-refractivity contribution in [1.29, 1.82) is 0 Å². The highest BCUT2D eigenvalue weighted by Gasteiger charge is 2.16. The summed E-state index contributed by atoms with van der Waals surface area (Å²) in [5, 5.41) is 22.9. The minimum atomic E-state index is -0.886. The fourth-order valence-electron chi connectivity index (χ4n) is 1.93. The van der Waals surface area contributed by atoms with Crippen molar-refractivity contribution in [3.63, 3.8) is 0 Å². The summed E-state index contributed by atoms with van der Waals surface area (Å²) in [6.45, 7) is -0.603. The third kappa shape index (κ3) is 4.70. The van der Waals surface area contributed by atoms with Gasteiger partial charge in [0.1, 0.15) is 17.1 Å². The number of benzene rings is 2. The predicted molar refractivity (Wildman–Crippen MR) is 94.4 cm³/mol. The molecule has 2 rings (SSSR count). The van der Waals surface area contributed by atoms with Gasteiger partial charge < -0.3 is 19.9 Å². The number of anilines is 1. The lowest BCUT2D eigenvalue weighted by Crippen LogP contribution is -2.21. The third-order valence-electron chi connectivity index (χ3n) is 3.20. The maximum absolute atomic E-state index is 11.9. The zero-order valence-corrected chi connectivity index (χ0v) is 15.0. The Balaban J connectivity index is 1.96. The van der Waals surface area contributed by atoms with Crippen molar-refractivity contribution >= 4 is 39.2 Å². The van der Waals surface area contributed by atoms with Gasteiger partial charge in [0.25, 0.3) is 11.6 Å². The molecule has 0 saturated heterocycles. The highest BCUT2D eigenvalue weighted by Crippen LogP contribution is 2.27. The van der Waals surface area contributed by atoms with Crippen LogP contribution >= 0.6 is 15.9 Å². The Hall–Kier alpha value is -3.14. The summed E-state index contributed by atoms with van der Waals surface area (Å²) >= 11 is 3.11. The number of nitrogens with zero attached hydrogens (tertiary/aromatic N) is 1. The van der Waals surface area contributed by atoms with Crippen LogP contribution in [-0.4, -0.2) is 35.6 Å². The van der Waals surface area contributed by atoms with Crippen molar-refractivity contribution in [1.82, 2.24) is 0 Å². The van der Waals surface area contributed by atoms with Gasteiger partial charge in [0.15, 0.2) is 6.61 Å². The first-order valence-corrected chi connectivity index (χ1v) is 7.89. The molecular weight excluding hydrogens is 412 g/mol. The van der Waals surface area contributed by atoms with E-state index in [0.29, 0.717) is 10.2 Å². The number of ether oxygens (including phenoxy) is 2. The largest absolute Gasteiger partial charge is 0.507 e. The topological polar surface area (TPSA) is 128 Å². The Bertz CT molecular complexity index is 870. The summed E-state index contributed by atoms with van der Waals surface area (Å²) in [6, 6.07) is 7.81. The van der Waals surface area contributed by atoms with E-state index >= 15 is 0 Å². The summed E-state index contributed by atoms with van der Waals surface area (Å²) in [5.41, 5.74) is 0.0235. The molecule has 136 valence electrons. The van der Waals surface area contributed by atoms with E-state index in [1.807, 2.05) is 0 Å². The molecule has 10 heteroatoms. The van der Waals surface area contributed by atoms with Crippen molar-refractivity contribution in [2.75, 3.05) is 19.0 Å². The molecule has 0 aliphatic rings. The van der Waals surface area contributed by atoms with Crippen LogP contribution in [0.15, 0.2) is 40.9 Å². The Morgan fingerprint density at radius 3 is 2.58 bits per heavy atom. The number of halogens is 1.